The van der Waals surface area contributed by atoms with Gasteiger partial charge in [-0.2, -0.15) is 0 Å². The molecule has 0 bridgehead atoms. The fourth-order valence-corrected chi connectivity index (χ4v) is 6.45. The second-order valence-corrected chi connectivity index (χ2v) is 12.1. The molecule has 0 amide bonds. The molecular weight excluding hydrogens is 451 g/mol. The number of carbonyl (C=O) groups is 1. The molecule has 4 atom stereocenters. The van der Waals surface area contributed by atoms with Gasteiger partial charge < -0.3 is 9.29 Å². The van der Waals surface area contributed by atoms with Crippen LogP contribution in [0.15, 0.2) is 23.3 Å². The Bertz CT molecular complexity index is 862. The zero-order valence-corrected chi connectivity index (χ0v) is 23.8. The smallest absolute Gasteiger partial charge is 0.726 e. The Morgan fingerprint density at radius 2 is 1.97 bits per heavy atom. The minimum absolute atomic E-state index is 0. The van der Waals surface area contributed by atoms with E-state index in [0.717, 1.165) is 44.1 Å². The Labute approximate surface area is 222 Å². The summed E-state index contributed by atoms with van der Waals surface area (Å²) in [6.07, 6.45) is 12.9. The molecule has 1 heterocycles. The Kier molecular flexibility index (Phi) is 10.3. The largest absolute Gasteiger partial charge is 1.00 e. The van der Waals surface area contributed by atoms with E-state index < -0.39 is 10.4 Å². The van der Waals surface area contributed by atoms with Gasteiger partial charge in [-0.3, -0.25) is 4.18 Å². The van der Waals surface area contributed by atoms with E-state index in [1.165, 1.54) is 25.3 Å². The van der Waals surface area contributed by atoms with Crippen LogP contribution in [-0.4, -0.2) is 32.2 Å². The SMILES string of the molecule is C[C@H]1CC[C@H]2C(=CCCC2(C)C)[C@@]1(C)CCC(CCCC1=CC(=O)OC1)COS(=O)(=O)[O-].[Na+]. The first-order valence-electron chi connectivity index (χ1n) is 12.1. The van der Waals surface area contributed by atoms with Crippen LogP contribution in [0, 0.1) is 28.6 Å². The molecule has 1 fully saturated rings. The summed E-state index contributed by atoms with van der Waals surface area (Å²) in [5.41, 5.74) is 2.97. The summed E-state index contributed by atoms with van der Waals surface area (Å²) in [7, 11) is -4.71. The van der Waals surface area contributed by atoms with E-state index in [4.69, 9.17) is 4.74 Å². The third-order valence-corrected chi connectivity index (χ3v) is 8.88. The van der Waals surface area contributed by atoms with Crippen LogP contribution in [0.1, 0.15) is 85.5 Å². The van der Waals surface area contributed by atoms with E-state index in [1.54, 1.807) is 5.57 Å². The van der Waals surface area contributed by atoms with Crippen LogP contribution >= 0.6 is 0 Å². The van der Waals surface area contributed by atoms with Gasteiger partial charge in [-0.1, -0.05) is 39.3 Å². The van der Waals surface area contributed by atoms with E-state index in [-0.39, 0.29) is 53.5 Å². The Morgan fingerprint density at radius 1 is 1.24 bits per heavy atom. The van der Waals surface area contributed by atoms with Gasteiger partial charge in [0.2, 0.25) is 10.4 Å². The Hall–Kier alpha value is -0.180. The van der Waals surface area contributed by atoms with Gasteiger partial charge in [0.15, 0.2) is 0 Å². The second-order valence-electron chi connectivity index (χ2n) is 11.0. The van der Waals surface area contributed by atoms with E-state index in [2.05, 4.69) is 38.0 Å². The fourth-order valence-electron chi connectivity index (χ4n) is 6.10. The summed E-state index contributed by atoms with van der Waals surface area (Å²) in [5, 5.41) is 0. The Morgan fingerprint density at radius 3 is 2.61 bits per heavy atom. The molecule has 1 saturated carbocycles. The van der Waals surface area contributed by atoms with Gasteiger partial charge in [-0.25, -0.2) is 13.2 Å². The molecule has 33 heavy (non-hydrogen) atoms. The first kappa shape index (κ1) is 29.1. The minimum Gasteiger partial charge on any atom is -0.726 e. The van der Waals surface area contributed by atoms with Crippen LogP contribution in [0.5, 0.6) is 0 Å². The summed E-state index contributed by atoms with van der Waals surface area (Å²) in [6.45, 7) is 9.78. The molecule has 0 radical (unpaired) electrons. The van der Waals surface area contributed by atoms with Crippen molar-refractivity contribution < 1.29 is 56.2 Å². The van der Waals surface area contributed by atoms with Gasteiger partial charge in [-0.05, 0) is 91.9 Å². The van der Waals surface area contributed by atoms with Crippen molar-refractivity contribution in [2.45, 2.75) is 85.5 Å². The normalized spacial score (nSPS) is 29.9. The van der Waals surface area contributed by atoms with Gasteiger partial charge in [-0.15, -0.1) is 0 Å². The van der Waals surface area contributed by atoms with E-state index >= 15 is 0 Å². The molecule has 182 valence electrons. The van der Waals surface area contributed by atoms with Crippen molar-refractivity contribution in [1.29, 1.82) is 0 Å². The van der Waals surface area contributed by atoms with Crippen LogP contribution < -0.4 is 29.6 Å². The van der Waals surface area contributed by atoms with E-state index in [9.17, 15) is 17.8 Å². The van der Waals surface area contributed by atoms with Gasteiger partial charge in [0.05, 0.1) is 6.61 Å². The first-order valence-corrected chi connectivity index (χ1v) is 13.4. The van der Waals surface area contributed by atoms with E-state index in [1.807, 2.05) is 0 Å². The number of hydrogen-bond acceptors (Lipinski definition) is 6. The summed E-state index contributed by atoms with van der Waals surface area (Å²) < 4.78 is 42.9. The number of ether oxygens (including phenoxy) is 1. The van der Waals surface area contributed by atoms with Crippen molar-refractivity contribution >= 4 is 16.4 Å². The average molecular weight is 491 g/mol. The third kappa shape index (κ3) is 7.65. The average Bonchev–Trinajstić information content (AvgIpc) is 3.11. The van der Waals surface area contributed by atoms with Gasteiger partial charge in [0.25, 0.3) is 0 Å². The molecule has 3 rings (SSSR count). The van der Waals surface area contributed by atoms with Crippen molar-refractivity contribution in [2.24, 2.45) is 28.6 Å². The number of allylic oxidation sites excluding steroid dienone is 2. The van der Waals surface area contributed by atoms with Crippen molar-refractivity contribution in [1.82, 2.24) is 0 Å². The fraction of sp³-hybridized carbons (Fsp3) is 0.800. The molecule has 2 aliphatic carbocycles. The van der Waals surface area contributed by atoms with Crippen LogP contribution in [0.4, 0.5) is 0 Å². The molecule has 0 spiro atoms. The molecule has 0 saturated heterocycles. The van der Waals surface area contributed by atoms with Crippen LogP contribution in [0.25, 0.3) is 0 Å². The van der Waals surface area contributed by atoms with E-state index in [0.29, 0.717) is 23.9 Å². The zero-order chi connectivity index (χ0) is 23.6. The maximum atomic E-state index is 11.2. The van der Waals surface area contributed by atoms with Crippen LogP contribution in [0.3, 0.4) is 0 Å². The number of carbonyl (C=O) groups excluding carboxylic acids is 1. The van der Waals surface area contributed by atoms with Crippen molar-refractivity contribution in [3.63, 3.8) is 0 Å². The third-order valence-electron chi connectivity index (χ3n) is 8.46. The summed E-state index contributed by atoms with van der Waals surface area (Å²) >= 11 is 0. The van der Waals surface area contributed by atoms with Gasteiger partial charge in [0.1, 0.15) is 6.61 Å². The predicted octanol–water partition coefficient (Wildman–Crippen LogP) is 2.32. The molecule has 1 unspecified atom stereocenters. The standard InChI is InChI=1S/C25H40O6S.Na/c1-18-10-11-21-22(9-6-13-24(21,2)3)25(18,4)14-12-19(17-31-32(27,28)29)7-5-8-20-15-23(26)30-16-20;/h9,15,18-19,21H,5-8,10-14,16-17H2,1-4H3,(H,27,28,29);/q;+1/p-1/t18-,19?,21-,25-;/m0./s1. The molecule has 0 N–H and O–H groups in total. The molecule has 8 heteroatoms. The van der Waals surface area contributed by atoms with Crippen molar-refractivity contribution in [2.75, 3.05) is 13.2 Å². The molecule has 0 aromatic carbocycles. The molecule has 3 aliphatic rings. The molecule has 0 aromatic heterocycles. The van der Waals surface area contributed by atoms with Crippen LogP contribution in [0.2, 0.25) is 0 Å². The predicted molar refractivity (Wildman–Crippen MR) is 122 cm³/mol. The maximum Gasteiger partial charge on any atom is 1.00 e. The van der Waals surface area contributed by atoms with Gasteiger partial charge in [0, 0.05) is 6.08 Å². The van der Waals surface area contributed by atoms with Crippen molar-refractivity contribution in [3.8, 4) is 0 Å². The quantitative estimate of drug-likeness (QED) is 0.153. The number of cyclic esters (lactones) is 1. The number of rotatable bonds is 10. The summed E-state index contributed by atoms with van der Waals surface area (Å²) in [4.78, 5) is 11.2. The second kappa shape index (κ2) is 11.7. The van der Waals surface area contributed by atoms with Gasteiger partial charge >= 0.3 is 35.5 Å². The first-order chi connectivity index (χ1) is 14.9. The van der Waals surface area contributed by atoms with Crippen molar-refractivity contribution in [3.05, 3.63) is 23.3 Å². The minimum atomic E-state index is -4.71. The molecule has 0 aromatic rings. The summed E-state index contributed by atoms with van der Waals surface area (Å²) in [6, 6.07) is 0. The molecule has 6 nitrogen and oxygen atoms in total. The molecule has 1 aliphatic heterocycles. The Balaban J connectivity index is 0.00000385. The number of hydrogen-bond donors (Lipinski definition) is 0. The number of fused-ring (bicyclic) bond motifs is 1. The number of esters is 1. The zero-order valence-electron chi connectivity index (χ0n) is 21.0. The maximum absolute atomic E-state index is 11.2. The summed E-state index contributed by atoms with van der Waals surface area (Å²) in [5.74, 6) is 0.866. The van der Waals surface area contributed by atoms with Crippen LogP contribution in [-0.2, 0) is 24.1 Å². The monoisotopic (exact) mass is 490 g/mol. The molecular formula is C25H39NaO6S. The topological polar surface area (TPSA) is 92.7 Å².